The normalized spacial score (nSPS) is 13.9. The molecular weight excluding hydrogens is 416 g/mol. The Kier molecular flexibility index (Phi) is 12.2. The molecule has 0 radical (unpaired) electrons. The van der Waals surface area contributed by atoms with Crippen LogP contribution in [0.3, 0.4) is 0 Å². The average Bonchev–Trinajstić information content (AvgIpc) is 2.52. The molecule has 0 saturated carbocycles. The molecule has 0 unspecified atom stereocenters. The summed E-state index contributed by atoms with van der Waals surface area (Å²) in [5.74, 6) is -11.1. The van der Waals surface area contributed by atoms with Crippen LogP contribution in [0.4, 0.5) is 30.7 Å². The molecule has 11 heteroatoms. The first kappa shape index (κ1) is 27.7. The Morgan fingerprint density at radius 2 is 0.893 bits per heavy atom. The third kappa shape index (κ3) is 11.6. The van der Waals surface area contributed by atoms with Crippen LogP contribution in [-0.4, -0.2) is 34.0 Å². The lowest BCUT2D eigenvalue weighted by Crippen LogP contribution is -2.51. The van der Waals surface area contributed by atoms with Crippen LogP contribution in [0, 0.1) is 0 Å². The Balaban J connectivity index is 3.57. The number of halogens is 7. The molecule has 2 N–H and O–H groups in total. The molecule has 0 fully saturated rings. The van der Waals surface area contributed by atoms with Gasteiger partial charge in [0, 0.05) is 12.6 Å². The fraction of sp³-hybridized carbons (Fsp3) is 1.00. The van der Waals surface area contributed by atoms with E-state index in [2.05, 4.69) is 0 Å². The second-order valence-electron chi connectivity index (χ2n) is 7.16. The highest BCUT2D eigenvalue weighted by molar-refractivity contribution is 7.51. The minimum Gasteiger partial charge on any atom is -0.324 e. The van der Waals surface area contributed by atoms with E-state index in [1.165, 1.54) is 0 Å². The molecule has 0 atom stereocenters. The number of hydrogen-bond donors (Lipinski definition) is 2. The van der Waals surface area contributed by atoms with E-state index in [4.69, 9.17) is 9.79 Å². The minimum atomic E-state index is -6.25. The molecular formula is C17H30F7O3P. The first-order valence-electron chi connectivity index (χ1n) is 9.58. The fourth-order valence-electron chi connectivity index (χ4n) is 2.80. The Morgan fingerprint density at radius 3 is 1.21 bits per heavy atom. The molecule has 0 amide bonds. The maximum atomic E-state index is 13.1. The van der Waals surface area contributed by atoms with Crippen LogP contribution >= 0.6 is 7.60 Å². The van der Waals surface area contributed by atoms with E-state index in [0.29, 0.717) is 19.3 Å². The lowest BCUT2D eigenvalue weighted by molar-refractivity contribution is -0.355. The molecule has 0 aliphatic rings. The molecule has 0 bridgehead atoms. The fourth-order valence-corrected chi connectivity index (χ4v) is 3.43. The zero-order chi connectivity index (χ0) is 21.9. The molecule has 0 heterocycles. The highest BCUT2D eigenvalue weighted by Gasteiger charge is 2.72. The molecule has 28 heavy (non-hydrogen) atoms. The van der Waals surface area contributed by atoms with Crippen molar-refractivity contribution >= 4 is 7.60 Å². The van der Waals surface area contributed by atoms with Gasteiger partial charge in [0.1, 0.15) is 0 Å². The number of unbranched alkanes of at least 4 members (excludes halogenated alkanes) is 11. The summed E-state index contributed by atoms with van der Waals surface area (Å²) in [6, 6.07) is 0. The third-order valence-electron chi connectivity index (χ3n) is 4.51. The van der Waals surface area contributed by atoms with Crippen LogP contribution in [0.5, 0.6) is 0 Å². The maximum absolute atomic E-state index is 13.1. The van der Waals surface area contributed by atoms with Crippen molar-refractivity contribution in [1.82, 2.24) is 0 Å². The van der Waals surface area contributed by atoms with Gasteiger partial charge in [-0.15, -0.1) is 0 Å². The third-order valence-corrected chi connectivity index (χ3v) is 5.40. The van der Waals surface area contributed by atoms with Gasteiger partial charge >= 0.3 is 25.6 Å². The van der Waals surface area contributed by atoms with E-state index < -0.39 is 32.0 Å². The number of rotatable bonds is 16. The number of alkyl halides is 7. The van der Waals surface area contributed by atoms with Gasteiger partial charge in [-0.05, 0) is 12.8 Å². The lowest BCUT2D eigenvalue weighted by atomic mass is 10.0. The molecule has 0 saturated heterocycles. The largest absolute Gasteiger partial charge is 0.459 e. The van der Waals surface area contributed by atoms with Gasteiger partial charge in [0.25, 0.3) is 0 Å². The Labute approximate surface area is 161 Å². The second-order valence-corrected chi connectivity index (χ2v) is 8.93. The maximum Gasteiger partial charge on any atom is 0.459 e. The van der Waals surface area contributed by atoms with Crippen molar-refractivity contribution in [3.05, 3.63) is 0 Å². The van der Waals surface area contributed by atoms with Crippen LogP contribution in [-0.2, 0) is 4.57 Å². The van der Waals surface area contributed by atoms with Crippen molar-refractivity contribution in [3.8, 4) is 0 Å². The van der Waals surface area contributed by atoms with Crippen molar-refractivity contribution in [3.63, 3.8) is 0 Å². The van der Waals surface area contributed by atoms with Crippen molar-refractivity contribution in [2.24, 2.45) is 0 Å². The summed E-state index contributed by atoms with van der Waals surface area (Å²) in [4.78, 5) is 17.4. The van der Waals surface area contributed by atoms with Gasteiger partial charge in [0.2, 0.25) is 0 Å². The summed E-state index contributed by atoms with van der Waals surface area (Å²) < 4.78 is 98.1. The molecule has 0 aliphatic carbocycles. The van der Waals surface area contributed by atoms with Crippen LogP contribution in [0.2, 0.25) is 0 Å². The first-order valence-corrected chi connectivity index (χ1v) is 11.4. The molecule has 0 aromatic carbocycles. The predicted molar refractivity (Wildman–Crippen MR) is 92.9 cm³/mol. The zero-order valence-electron chi connectivity index (χ0n) is 15.8. The van der Waals surface area contributed by atoms with E-state index in [0.717, 1.165) is 44.9 Å². The summed E-state index contributed by atoms with van der Waals surface area (Å²) in [6.45, 7) is 0. The van der Waals surface area contributed by atoms with Gasteiger partial charge < -0.3 is 9.79 Å². The zero-order valence-corrected chi connectivity index (χ0v) is 16.7. The molecule has 0 aromatic heterocycles. The van der Waals surface area contributed by atoms with Gasteiger partial charge in [-0.2, -0.15) is 30.7 Å². The van der Waals surface area contributed by atoms with E-state index in [1.807, 2.05) is 0 Å². The van der Waals surface area contributed by atoms with Crippen LogP contribution in [0.1, 0.15) is 83.5 Å². The highest BCUT2D eigenvalue weighted by atomic mass is 31.2. The van der Waals surface area contributed by atoms with Gasteiger partial charge in [0.15, 0.2) is 0 Å². The Bertz CT molecular complexity index is 464. The quantitative estimate of drug-likeness (QED) is 0.151. The smallest absolute Gasteiger partial charge is 0.324 e. The molecule has 170 valence electrons. The lowest BCUT2D eigenvalue weighted by Gasteiger charge is -2.28. The Hall–Kier alpha value is -0.340. The highest BCUT2D eigenvalue weighted by Crippen LogP contribution is 2.48. The number of hydrogen-bond acceptors (Lipinski definition) is 1. The standard InChI is InChI=1S/C17H30F7O3P/c18-15(19,16(20,21)17(22,23)24)13-11-9-7-5-3-1-2-4-6-8-10-12-14-28(25,26)27/h1-14H2,(H2,25,26,27). The summed E-state index contributed by atoms with van der Waals surface area (Å²) in [7, 11) is -3.90. The van der Waals surface area contributed by atoms with Gasteiger partial charge in [0.05, 0.1) is 0 Å². The SMILES string of the molecule is O=P(O)(O)CCCCCCCCCCCCCCC(F)(F)C(F)(F)C(F)(F)F. The molecule has 3 nitrogen and oxygen atoms in total. The van der Waals surface area contributed by atoms with Gasteiger partial charge in [-0.25, -0.2) is 0 Å². The summed E-state index contributed by atoms with van der Waals surface area (Å²) in [5, 5.41) is 0. The summed E-state index contributed by atoms with van der Waals surface area (Å²) in [5.41, 5.74) is 0. The van der Waals surface area contributed by atoms with Crippen molar-refractivity contribution < 1.29 is 45.1 Å². The van der Waals surface area contributed by atoms with Crippen LogP contribution < -0.4 is 0 Å². The summed E-state index contributed by atoms with van der Waals surface area (Å²) >= 11 is 0. The molecule has 0 rings (SSSR count). The van der Waals surface area contributed by atoms with E-state index in [1.54, 1.807) is 0 Å². The second kappa shape index (κ2) is 12.4. The van der Waals surface area contributed by atoms with E-state index >= 15 is 0 Å². The van der Waals surface area contributed by atoms with Crippen molar-refractivity contribution in [2.45, 2.75) is 101 Å². The van der Waals surface area contributed by atoms with Crippen molar-refractivity contribution in [1.29, 1.82) is 0 Å². The summed E-state index contributed by atoms with van der Waals surface area (Å²) in [6.07, 6.45) is 0.0311. The van der Waals surface area contributed by atoms with Gasteiger partial charge in [-0.1, -0.05) is 64.2 Å². The molecule has 0 aromatic rings. The van der Waals surface area contributed by atoms with Gasteiger partial charge in [-0.3, -0.25) is 4.57 Å². The first-order chi connectivity index (χ1) is 12.7. The monoisotopic (exact) mass is 446 g/mol. The van der Waals surface area contributed by atoms with Crippen molar-refractivity contribution in [2.75, 3.05) is 6.16 Å². The Morgan fingerprint density at radius 1 is 0.571 bits per heavy atom. The van der Waals surface area contributed by atoms with Crippen LogP contribution in [0.25, 0.3) is 0 Å². The topological polar surface area (TPSA) is 57.5 Å². The average molecular weight is 446 g/mol. The van der Waals surface area contributed by atoms with Crippen LogP contribution in [0.15, 0.2) is 0 Å². The molecule has 0 aliphatic heterocycles. The minimum absolute atomic E-state index is 0.0905. The predicted octanol–water partition coefficient (Wildman–Crippen LogP) is 7.07. The molecule has 0 spiro atoms. The van der Waals surface area contributed by atoms with E-state index in [9.17, 15) is 35.3 Å². The van der Waals surface area contributed by atoms with E-state index in [-0.39, 0.29) is 19.0 Å².